The first-order valence-electron chi connectivity index (χ1n) is 6.45. The molecule has 1 aromatic heterocycles. The number of benzene rings is 2. The van der Waals surface area contributed by atoms with Gasteiger partial charge in [0, 0.05) is 28.2 Å². The Kier molecular flexibility index (Phi) is 2.90. The van der Waals surface area contributed by atoms with Crippen molar-refractivity contribution in [1.82, 2.24) is 4.98 Å². The number of carbonyl (C=O) groups excluding carboxylic acids is 1. The van der Waals surface area contributed by atoms with Crippen LogP contribution in [0.4, 0.5) is 4.39 Å². The first kappa shape index (κ1) is 12.6. The second-order valence-electron chi connectivity index (χ2n) is 5.02. The van der Waals surface area contributed by atoms with Gasteiger partial charge in [-0.05, 0) is 49.2 Å². The number of rotatable bonds is 2. The fourth-order valence-corrected chi connectivity index (χ4v) is 2.32. The molecule has 0 aliphatic rings. The highest BCUT2D eigenvalue weighted by molar-refractivity contribution is 6.16. The van der Waals surface area contributed by atoms with Gasteiger partial charge in [-0.2, -0.15) is 0 Å². The molecule has 2 aromatic carbocycles. The molecule has 3 rings (SSSR count). The van der Waals surface area contributed by atoms with Gasteiger partial charge in [0.25, 0.3) is 0 Å². The van der Waals surface area contributed by atoms with Crippen molar-refractivity contribution in [1.29, 1.82) is 0 Å². The van der Waals surface area contributed by atoms with E-state index in [9.17, 15) is 9.18 Å². The monoisotopic (exact) mass is 267 g/mol. The van der Waals surface area contributed by atoms with Crippen LogP contribution in [0.1, 0.15) is 27.0 Å². The third-order valence-electron chi connectivity index (χ3n) is 3.66. The molecule has 3 aromatic rings. The van der Waals surface area contributed by atoms with E-state index in [4.69, 9.17) is 0 Å². The summed E-state index contributed by atoms with van der Waals surface area (Å²) in [6, 6.07) is 10.0. The molecule has 3 heteroatoms. The largest absolute Gasteiger partial charge is 0.360 e. The lowest BCUT2D eigenvalue weighted by Gasteiger charge is -2.04. The van der Waals surface area contributed by atoms with Crippen LogP contribution in [0.5, 0.6) is 0 Å². The van der Waals surface area contributed by atoms with E-state index in [-0.39, 0.29) is 11.6 Å². The lowest BCUT2D eigenvalue weighted by molar-refractivity contribution is 0.104. The Labute approximate surface area is 116 Å². The first-order valence-corrected chi connectivity index (χ1v) is 6.45. The molecule has 0 unspecified atom stereocenters. The van der Waals surface area contributed by atoms with Gasteiger partial charge in [0.15, 0.2) is 5.78 Å². The second kappa shape index (κ2) is 4.60. The van der Waals surface area contributed by atoms with Crippen LogP contribution >= 0.6 is 0 Å². The van der Waals surface area contributed by atoms with Gasteiger partial charge in [0.2, 0.25) is 0 Å². The van der Waals surface area contributed by atoms with Crippen LogP contribution in [0.15, 0.2) is 42.6 Å². The van der Waals surface area contributed by atoms with Gasteiger partial charge in [0.1, 0.15) is 5.82 Å². The highest BCUT2D eigenvalue weighted by Crippen LogP contribution is 2.23. The van der Waals surface area contributed by atoms with E-state index in [1.807, 2.05) is 32.0 Å². The van der Waals surface area contributed by atoms with Crippen LogP contribution in [0, 0.1) is 19.7 Å². The Balaban J connectivity index is 2.12. The topological polar surface area (TPSA) is 32.9 Å². The second-order valence-corrected chi connectivity index (χ2v) is 5.02. The lowest BCUT2D eigenvalue weighted by atomic mass is 9.99. The Morgan fingerprint density at radius 2 is 1.85 bits per heavy atom. The smallest absolute Gasteiger partial charge is 0.195 e. The Hall–Kier alpha value is -2.42. The Morgan fingerprint density at radius 3 is 2.60 bits per heavy atom. The molecule has 100 valence electrons. The number of aryl methyl sites for hydroxylation is 2. The molecule has 0 fully saturated rings. The molecule has 1 N–H and O–H groups in total. The van der Waals surface area contributed by atoms with Crippen molar-refractivity contribution in [3.63, 3.8) is 0 Å². The van der Waals surface area contributed by atoms with Gasteiger partial charge in [-0.3, -0.25) is 4.79 Å². The number of halogens is 1. The van der Waals surface area contributed by atoms with Gasteiger partial charge in [-0.1, -0.05) is 12.1 Å². The highest BCUT2D eigenvalue weighted by atomic mass is 19.1. The minimum atomic E-state index is -0.341. The molecular formula is C17H14FNO. The lowest BCUT2D eigenvalue weighted by Crippen LogP contribution is -2.01. The molecule has 0 amide bonds. The van der Waals surface area contributed by atoms with Crippen molar-refractivity contribution in [3.05, 3.63) is 70.7 Å². The fourth-order valence-electron chi connectivity index (χ4n) is 2.32. The van der Waals surface area contributed by atoms with E-state index >= 15 is 0 Å². The number of ketones is 1. The quantitative estimate of drug-likeness (QED) is 0.695. The molecule has 0 saturated heterocycles. The summed E-state index contributed by atoms with van der Waals surface area (Å²) < 4.78 is 13.4. The normalized spacial score (nSPS) is 10.9. The van der Waals surface area contributed by atoms with E-state index < -0.39 is 0 Å². The molecule has 0 radical (unpaired) electrons. The highest BCUT2D eigenvalue weighted by Gasteiger charge is 2.15. The van der Waals surface area contributed by atoms with E-state index in [0.29, 0.717) is 16.5 Å². The number of aromatic nitrogens is 1. The van der Waals surface area contributed by atoms with E-state index in [1.165, 1.54) is 12.1 Å². The zero-order valence-corrected chi connectivity index (χ0v) is 11.3. The zero-order chi connectivity index (χ0) is 14.3. The number of fused-ring (bicyclic) bond motifs is 1. The summed E-state index contributed by atoms with van der Waals surface area (Å²) in [6.45, 7) is 3.98. The van der Waals surface area contributed by atoms with E-state index in [2.05, 4.69) is 4.98 Å². The minimum absolute atomic E-state index is 0.0926. The summed E-state index contributed by atoms with van der Waals surface area (Å²) in [6.07, 6.45) is 1.64. The molecule has 0 bridgehead atoms. The number of hydrogen-bond acceptors (Lipinski definition) is 1. The SMILES string of the molecule is Cc1ccc(C(=O)c2c[nH]c3ccc(F)cc23)cc1C. The Bertz CT molecular complexity index is 817. The van der Waals surface area contributed by atoms with Crippen LogP contribution in [0.3, 0.4) is 0 Å². The van der Waals surface area contributed by atoms with Crippen molar-refractivity contribution in [2.75, 3.05) is 0 Å². The molecular weight excluding hydrogens is 253 g/mol. The fraction of sp³-hybridized carbons (Fsp3) is 0.118. The summed E-state index contributed by atoms with van der Waals surface area (Å²) in [5.74, 6) is -0.434. The van der Waals surface area contributed by atoms with Gasteiger partial charge in [-0.15, -0.1) is 0 Å². The summed E-state index contributed by atoms with van der Waals surface area (Å²) in [4.78, 5) is 15.6. The van der Waals surface area contributed by atoms with Crippen LogP contribution in [0.2, 0.25) is 0 Å². The number of carbonyl (C=O) groups is 1. The Morgan fingerprint density at radius 1 is 1.05 bits per heavy atom. The molecule has 1 heterocycles. The number of aromatic amines is 1. The predicted octanol–water partition coefficient (Wildman–Crippen LogP) is 4.15. The van der Waals surface area contributed by atoms with Gasteiger partial charge in [0.05, 0.1) is 0 Å². The van der Waals surface area contributed by atoms with E-state index in [0.717, 1.165) is 16.6 Å². The average molecular weight is 267 g/mol. The molecule has 0 saturated carbocycles. The zero-order valence-electron chi connectivity index (χ0n) is 11.3. The average Bonchev–Trinajstić information content (AvgIpc) is 2.84. The number of H-pyrrole nitrogens is 1. The van der Waals surface area contributed by atoms with Crippen molar-refractivity contribution in [3.8, 4) is 0 Å². The first-order chi connectivity index (χ1) is 9.56. The van der Waals surface area contributed by atoms with Crippen LogP contribution in [-0.4, -0.2) is 10.8 Å². The van der Waals surface area contributed by atoms with Gasteiger partial charge < -0.3 is 4.98 Å². The molecule has 0 spiro atoms. The van der Waals surface area contributed by atoms with Crippen LogP contribution in [-0.2, 0) is 0 Å². The van der Waals surface area contributed by atoms with Crippen molar-refractivity contribution in [2.24, 2.45) is 0 Å². The van der Waals surface area contributed by atoms with Crippen molar-refractivity contribution >= 4 is 16.7 Å². The van der Waals surface area contributed by atoms with Crippen molar-refractivity contribution in [2.45, 2.75) is 13.8 Å². The molecule has 0 atom stereocenters. The summed E-state index contributed by atoms with van der Waals surface area (Å²) >= 11 is 0. The van der Waals surface area contributed by atoms with Crippen LogP contribution < -0.4 is 0 Å². The maximum Gasteiger partial charge on any atom is 0.195 e. The van der Waals surface area contributed by atoms with Crippen molar-refractivity contribution < 1.29 is 9.18 Å². The van der Waals surface area contributed by atoms with Gasteiger partial charge >= 0.3 is 0 Å². The summed E-state index contributed by atoms with van der Waals surface area (Å²) in [7, 11) is 0. The maximum absolute atomic E-state index is 13.4. The number of hydrogen-bond donors (Lipinski definition) is 1. The third kappa shape index (κ3) is 2.01. The molecule has 20 heavy (non-hydrogen) atoms. The van der Waals surface area contributed by atoms with Crippen LogP contribution in [0.25, 0.3) is 10.9 Å². The van der Waals surface area contributed by atoms with E-state index in [1.54, 1.807) is 12.3 Å². The summed E-state index contributed by atoms with van der Waals surface area (Å²) in [5, 5.41) is 0.619. The molecule has 0 aliphatic heterocycles. The minimum Gasteiger partial charge on any atom is -0.360 e. The van der Waals surface area contributed by atoms with Gasteiger partial charge in [-0.25, -0.2) is 4.39 Å². The standard InChI is InChI=1S/C17H14FNO/c1-10-3-4-12(7-11(10)2)17(20)15-9-19-16-6-5-13(18)8-14(15)16/h3-9,19H,1-2H3. The predicted molar refractivity (Wildman–Crippen MR) is 77.6 cm³/mol. The summed E-state index contributed by atoms with van der Waals surface area (Å²) in [5.41, 5.74) is 4.10. The number of nitrogens with one attached hydrogen (secondary N) is 1. The third-order valence-corrected chi connectivity index (χ3v) is 3.66. The maximum atomic E-state index is 13.4. The molecule has 2 nitrogen and oxygen atoms in total. The molecule has 0 aliphatic carbocycles.